The molecule has 0 spiro atoms. The molecule has 45 heavy (non-hydrogen) atoms. The Balaban J connectivity index is 1.36. The quantitative estimate of drug-likeness (QED) is 0.149. The lowest BCUT2D eigenvalue weighted by Gasteiger charge is -2.36. The fourth-order valence-corrected chi connectivity index (χ4v) is 6.50. The molecule has 12 heteroatoms. The van der Waals surface area contributed by atoms with Gasteiger partial charge in [-0.15, -0.1) is 0 Å². The van der Waals surface area contributed by atoms with E-state index in [1.54, 1.807) is 16.5 Å². The average molecular weight is 618 g/mol. The number of hydrogen-bond acceptors (Lipinski definition) is 6. The van der Waals surface area contributed by atoms with Crippen LogP contribution in [0.25, 0.3) is 21.9 Å². The van der Waals surface area contributed by atoms with Gasteiger partial charge in [-0.25, -0.2) is 14.4 Å². The number of nitrogens with zero attached hydrogens (tertiary/aromatic N) is 3. The van der Waals surface area contributed by atoms with E-state index < -0.39 is 24.0 Å². The smallest absolute Gasteiger partial charge is 0.328 e. The number of ether oxygens (including phenoxy) is 1. The van der Waals surface area contributed by atoms with Crippen LogP contribution in [0.4, 0.5) is 4.79 Å². The van der Waals surface area contributed by atoms with E-state index in [1.165, 1.54) is 12.0 Å². The van der Waals surface area contributed by atoms with Gasteiger partial charge in [0.2, 0.25) is 5.91 Å². The summed E-state index contributed by atoms with van der Waals surface area (Å²) in [7, 11) is 2.89. The lowest BCUT2D eigenvalue weighted by atomic mass is 9.91. The van der Waals surface area contributed by atoms with E-state index in [2.05, 4.69) is 15.3 Å². The Bertz CT molecular complexity index is 1700. The van der Waals surface area contributed by atoms with Gasteiger partial charge in [0.05, 0.1) is 18.1 Å². The monoisotopic (exact) mass is 617 g/mol. The minimum Gasteiger partial charge on any atom is -0.467 e. The zero-order chi connectivity index (χ0) is 32.1. The van der Waals surface area contributed by atoms with Crippen LogP contribution in [0.3, 0.4) is 0 Å². The van der Waals surface area contributed by atoms with Crippen molar-refractivity contribution in [1.29, 1.82) is 0 Å². The van der Waals surface area contributed by atoms with Crippen LogP contribution in [0.2, 0.25) is 0 Å². The number of benzene rings is 2. The van der Waals surface area contributed by atoms with E-state index >= 15 is 0 Å². The number of methoxy groups -OCH3 is 1. The summed E-state index contributed by atoms with van der Waals surface area (Å²) in [6, 6.07) is 13.2. The Hall–Kier alpha value is -4.58. The number of urea groups is 1. The molecule has 240 valence electrons. The lowest BCUT2D eigenvalue weighted by Crippen LogP contribution is -2.57. The number of para-hydroxylation sites is 3. The Morgan fingerprint density at radius 3 is 2.47 bits per heavy atom. The van der Waals surface area contributed by atoms with E-state index in [1.807, 2.05) is 61.7 Å². The van der Waals surface area contributed by atoms with Crippen LogP contribution in [0.1, 0.15) is 56.6 Å². The number of aromatic amines is 2. The van der Waals surface area contributed by atoms with Crippen molar-refractivity contribution in [3.8, 4) is 0 Å². The maximum atomic E-state index is 14.2. The minimum absolute atomic E-state index is 0.0549. The van der Waals surface area contributed by atoms with E-state index in [9.17, 15) is 19.2 Å². The number of hydrogen-bond donors (Lipinski definition) is 4. The van der Waals surface area contributed by atoms with Gasteiger partial charge in [-0.05, 0) is 62.4 Å². The first-order chi connectivity index (χ1) is 21.7. The second-order valence-electron chi connectivity index (χ2n) is 11.8. The number of nitrogens with two attached hydrogens (primary N) is 1. The van der Waals surface area contributed by atoms with Crippen molar-refractivity contribution in [3.05, 3.63) is 70.8 Å². The van der Waals surface area contributed by atoms with Crippen LogP contribution in [0, 0.1) is 0 Å². The summed E-state index contributed by atoms with van der Waals surface area (Å²) in [5.74, 6) is -1.32. The molecule has 0 radical (unpaired) electrons. The third kappa shape index (κ3) is 6.60. The molecule has 5 N–H and O–H groups in total. The number of H-pyrrole nitrogens is 2. The fraction of sp³-hybridized carbons (Fsp3) is 0.455. The first-order valence-corrected chi connectivity index (χ1v) is 15.6. The number of likely N-dealkylation sites (tertiary alicyclic amines) is 1. The van der Waals surface area contributed by atoms with Gasteiger partial charge < -0.3 is 35.6 Å². The fourth-order valence-electron chi connectivity index (χ4n) is 6.50. The highest BCUT2D eigenvalue weighted by molar-refractivity contribution is 5.92. The minimum atomic E-state index is -0.961. The first kappa shape index (κ1) is 31.8. The molecule has 0 saturated carbocycles. The zero-order valence-electron chi connectivity index (χ0n) is 26.1. The molecule has 0 bridgehead atoms. The van der Waals surface area contributed by atoms with Gasteiger partial charge in [-0.2, -0.15) is 0 Å². The number of aromatic nitrogens is 3. The van der Waals surface area contributed by atoms with Gasteiger partial charge >= 0.3 is 17.7 Å². The molecule has 2 aromatic carbocycles. The standard InChI is InChI=1S/C33H43N7O5/c1-21(24-20-35-25-11-5-4-10-23(24)25)29(30(41)38(2)28(31(42)45-3)14-8-9-17-34)37-32(43)39-18-15-22(16-19-39)40-27-13-7-6-12-26(27)36-33(40)44/h4-7,10-13,20-22,28-29,35H,8-9,14-19,34H2,1-3H3,(H,36,44)(H,37,43)/t21?,28-,29+/m0/s1. The van der Waals surface area contributed by atoms with Crippen LogP contribution in [-0.4, -0.2) is 88.1 Å². The van der Waals surface area contributed by atoms with Crippen molar-refractivity contribution < 1.29 is 19.1 Å². The number of carbonyl (C=O) groups is 3. The number of piperidine rings is 1. The van der Waals surface area contributed by atoms with Crippen molar-refractivity contribution in [2.24, 2.45) is 5.73 Å². The van der Waals surface area contributed by atoms with Gasteiger partial charge in [0.15, 0.2) is 0 Å². The molecule has 1 aliphatic rings. The van der Waals surface area contributed by atoms with Gasteiger partial charge in [-0.3, -0.25) is 9.36 Å². The Kier molecular flexibility index (Phi) is 9.92. The summed E-state index contributed by atoms with van der Waals surface area (Å²) in [6.45, 7) is 3.23. The van der Waals surface area contributed by atoms with E-state index in [4.69, 9.17) is 10.5 Å². The highest BCUT2D eigenvalue weighted by Gasteiger charge is 2.38. The van der Waals surface area contributed by atoms with Gasteiger partial charge in [-0.1, -0.05) is 37.3 Å². The normalized spacial score (nSPS) is 16.0. The largest absolute Gasteiger partial charge is 0.467 e. The molecule has 3 heterocycles. The van der Waals surface area contributed by atoms with Crippen molar-refractivity contribution in [3.63, 3.8) is 0 Å². The maximum absolute atomic E-state index is 14.2. The second-order valence-corrected chi connectivity index (χ2v) is 11.8. The average Bonchev–Trinajstić information content (AvgIpc) is 3.64. The zero-order valence-corrected chi connectivity index (χ0v) is 26.1. The number of imidazole rings is 1. The van der Waals surface area contributed by atoms with Gasteiger partial charge in [0.25, 0.3) is 0 Å². The topological polar surface area (TPSA) is 159 Å². The summed E-state index contributed by atoms with van der Waals surface area (Å²) in [5.41, 5.74) is 8.95. The maximum Gasteiger partial charge on any atom is 0.328 e. The highest BCUT2D eigenvalue weighted by atomic mass is 16.5. The lowest BCUT2D eigenvalue weighted by molar-refractivity contribution is -0.152. The highest BCUT2D eigenvalue weighted by Crippen LogP contribution is 2.30. The summed E-state index contributed by atoms with van der Waals surface area (Å²) in [4.78, 5) is 62.8. The van der Waals surface area contributed by atoms with Crippen LogP contribution >= 0.6 is 0 Å². The first-order valence-electron chi connectivity index (χ1n) is 15.6. The predicted octanol–water partition coefficient (Wildman–Crippen LogP) is 3.46. The van der Waals surface area contributed by atoms with Crippen molar-refractivity contribution in [2.75, 3.05) is 33.8 Å². The van der Waals surface area contributed by atoms with Gasteiger partial charge in [0, 0.05) is 49.2 Å². The van der Waals surface area contributed by atoms with Crippen molar-refractivity contribution in [1.82, 2.24) is 29.7 Å². The molecule has 1 aliphatic heterocycles. The Morgan fingerprint density at radius 2 is 1.76 bits per heavy atom. The third-order valence-corrected chi connectivity index (χ3v) is 9.12. The number of likely N-dealkylation sites (N-methyl/N-ethyl adjacent to an activating group) is 1. The molecular weight excluding hydrogens is 574 g/mol. The molecule has 12 nitrogen and oxygen atoms in total. The molecular formula is C33H43N7O5. The number of amides is 3. The Labute approximate surface area is 261 Å². The number of fused-ring (bicyclic) bond motifs is 2. The van der Waals surface area contributed by atoms with Crippen LogP contribution in [0.5, 0.6) is 0 Å². The molecule has 4 aromatic rings. The van der Waals surface area contributed by atoms with Gasteiger partial charge in [0.1, 0.15) is 12.1 Å². The molecule has 3 amide bonds. The molecule has 1 unspecified atom stereocenters. The Morgan fingerprint density at radius 1 is 1.07 bits per heavy atom. The van der Waals surface area contributed by atoms with Crippen molar-refractivity contribution in [2.45, 2.75) is 63.1 Å². The predicted molar refractivity (Wildman–Crippen MR) is 173 cm³/mol. The van der Waals surface area contributed by atoms with E-state index in [0.717, 1.165) is 27.5 Å². The molecule has 0 aliphatic carbocycles. The summed E-state index contributed by atoms with van der Waals surface area (Å²) in [6.07, 6.45) is 4.81. The molecule has 2 aromatic heterocycles. The molecule has 5 rings (SSSR count). The number of carbonyl (C=O) groups excluding carboxylic acids is 3. The van der Waals surface area contributed by atoms with Crippen LogP contribution in [-0.2, 0) is 14.3 Å². The number of nitrogens with one attached hydrogen (secondary N) is 3. The number of unbranched alkanes of at least 4 members (excludes halogenated alkanes) is 1. The molecule has 1 fully saturated rings. The van der Waals surface area contributed by atoms with Crippen LogP contribution < -0.4 is 16.7 Å². The summed E-state index contributed by atoms with van der Waals surface area (Å²) < 4.78 is 6.83. The van der Waals surface area contributed by atoms with Crippen molar-refractivity contribution >= 4 is 39.8 Å². The summed E-state index contributed by atoms with van der Waals surface area (Å²) >= 11 is 0. The number of esters is 1. The summed E-state index contributed by atoms with van der Waals surface area (Å²) in [5, 5.41) is 3.98. The van der Waals surface area contributed by atoms with Crippen LogP contribution in [0.15, 0.2) is 59.5 Å². The second kappa shape index (κ2) is 14.0. The SMILES string of the molecule is COC(=O)[C@H](CCCCN)N(C)C(=O)[C@H](NC(=O)N1CCC(n2c(=O)[nH]c3ccccc32)CC1)C(C)c1c[nH]c2ccccc12. The third-order valence-electron chi connectivity index (χ3n) is 9.12. The molecule has 1 saturated heterocycles. The van der Waals surface area contributed by atoms with E-state index in [-0.39, 0.29) is 23.7 Å². The molecule has 3 atom stereocenters. The van der Waals surface area contributed by atoms with E-state index in [0.29, 0.717) is 51.7 Å². The number of rotatable bonds is 11.